The molecule has 13 heavy (non-hydrogen) atoms. The summed E-state index contributed by atoms with van der Waals surface area (Å²) in [5.41, 5.74) is -0.489. The molecule has 0 fully saturated rings. The zero-order chi connectivity index (χ0) is 9.84. The first kappa shape index (κ1) is 9.46. The highest BCUT2D eigenvalue weighted by molar-refractivity contribution is 5.72. The lowest BCUT2D eigenvalue weighted by molar-refractivity contribution is -0.119. The molecule has 0 aliphatic carbocycles. The van der Waals surface area contributed by atoms with Crippen LogP contribution in [0.15, 0.2) is 4.79 Å². The number of H-pyrrole nitrogens is 2. The van der Waals surface area contributed by atoms with E-state index in [1.807, 2.05) is 0 Å². The Kier molecular flexibility index (Phi) is 2.80. The fourth-order valence-electron chi connectivity index (χ4n) is 0.778. The van der Waals surface area contributed by atoms with Crippen molar-refractivity contribution < 1.29 is 9.90 Å². The van der Waals surface area contributed by atoms with Crippen molar-refractivity contribution in [3.8, 4) is 0 Å². The van der Waals surface area contributed by atoms with Crippen molar-refractivity contribution in [2.75, 3.05) is 6.54 Å². The van der Waals surface area contributed by atoms with E-state index in [0.29, 0.717) is 0 Å². The summed E-state index contributed by atoms with van der Waals surface area (Å²) in [6, 6.07) is 0. The lowest BCUT2D eigenvalue weighted by atomic mass is 10.3. The summed E-state index contributed by atoms with van der Waals surface area (Å²) in [6.07, 6.45) is -0.997. The molecular formula is C6H10N4O3. The number of carbonyl (C=O) groups is 1. The number of aliphatic hydroxyl groups excluding tert-OH is 1. The molecule has 1 amide bonds. The Morgan fingerprint density at radius 1 is 1.77 bits per heavy atom. The predicted octanol–water partition coefficient (Wildman–Crippen LogP) is -1.73. The molecule has 7 heteroatoms. The number of rotatable bonds is 3. The molecule has 0 aliphatic rings. The van der Waals surface area contributed by atoms with Crippen LogP contribution in [-0.2, 0) is 4.79 Å². The van der Waals surface area contributed by atoms with Gasteiger partial charge < -0.3 is 10.4 Å². The van der Waals surface area contributed by atoms with Gasteiger partial charge in [-0.05, 0) is 0 Å². The van der Waals surface area contributed by atoms with E-state index in [2.05, 4.69) is 20.5 Å². The van der Waals surface area contributed by atoms with Gasteiger partial charge in [-0.3, -0.25) is 9.78 Å². The minimum absolute atomic E-state index is 0.0239. The molecular weight excluding hydrogens is 176 g/mol. The summed E-state index contributed by atoms with van der Waals surface area (Å²) in [6.45, 7) is 1.36. The molecule has 0 spiro atoms. The summed E-state index contributed by atoms with van der Waals surface area (Å²) in [5, 5.41) is 17.3. The van der Waals surface area contributed by atoms with E-state index in [9.17, 15) is 14.7 Å². The van der Waals surface area contributed by atoms with Gasteiger partial charge in [-0.1, -0.05) is 0 Å². The number of hydrogen-bond acceptors (Lipinski definition) is 4. The monoisotopic (exact) mass is 186 g/mol. The second-order valence-electron chi connectivity index (χ2n) is 2.52. The van der Waals surface area contributed by atoms with Crippen molar-refractivity contribution in [1.82, 2.24) is 20.5 Å². The summed E-state index contributed by atoms with van der Waals surface area (Å²) < 4.78 is 0. The molecule has 1 aromatic rings. The average molecular weight is 186 g/mol. The van der Waals surface area contributed by atoms with Crippen molar-refractivity contribution in [3.63, 3.8) is 0 Å². The molecule has 1 unspecified atom stereocenters. The minimum atomic E-state index is -0.997. The number of hydrogen-bond donors (Lipinski definition) is 4. The van der Waals surface area contributed by atoms with E-state index in [0.717, 1.165) is 0 Å². The third kappa shape index (κ3) is 2.71. The van der Waals surface area contributed by atoms with Crippen molar-refractivity contribution >= 4 is 5.91 Å². The summed E-state index contributed by atoms with van der Waals surface area (Å²) in [4.78, 5) is 23.3. The van der Waals surface area contributed by atoms with Crippen LogP contribution in [-0.4, -0.2) is 32.7 Å². The molecule has 0 aromatic carbocycles. The third-order valence-corrected chi connectivity index (χ3v) is 1.38. The van der Waals surface area contributed by atoms with Crippen molar-refractivity contribution in [3.05, 3.63) is 16.3 Å². The highest BCUT2D eigenvalue weighted by Crippen LogP contribution is 2.00. The van der Waals surface area contributed by atoms with E-state index in [-0.39, 0.29) is 18.3 Å². The van der Waals surface area contributed by atoms with Gasteiger partial charge in [0.1, 0.15) is 6.10 Å². The van der Waals surface area contributed by atoms with Crippen molar-refractivity contribution in [1.29, 1.82) is 0 Å². The highest BCUT2D eigenvalue weighted by atomic mass is 16.3. The smallest absolute Gasteiger partial charge is 0.340 e. The Bertz CT molecular complexity index is 342. The number of nitrogens with zero attached hydrogens (tertiary/aromatic N) is 1. The van der Waals surface area contributed by atoms with Crippen LogP contribution >= 0.6 is 0 Å². The maximum Gasteiger partial charge on any atom is 0.340 e. The number of amides is 1. The standard InChI is InChI=1S/C6H10N4O3/c1-3(11)7-2-4(12)5-8-6(13)10-9-5/h4,12H,2H2,1H3,(H,7,11)(H2,8,9,10,13). The molecule has 0 bridgehead atoms. The van der Waals surface area contributed by atoms with Gasteiger partial charge in [-0.2, -0.15) is 5.10 Å². The molecule has 1 atom stereocenters. The van der Waals surface area contributed by atoms with Crippen LogP contribution in [0.4, 0.5) is 0 Å². The van der Waals surface area contributed by atoms with Gasteiger partial charge in [-0.25, -0.2) is 9.89 Å². The predicted molar refractivity (Wildman–Crippen MR) is 42.9 cm³/mol. The molecule has 0 radical (unpaired) electrons. The van der Waals surface area contributed by atoms with Gasteiger partial charge in [-0.15, -0.1) is 0 Å². The number of aliphatic hydroxyl groups is 1. The van der Waals surface area contributed by atoms with E-state index < -0.39 is 11.8 Å². The number of nitrogens with one attached hydrogen (secondary N) is 3. The maximum atomic E-state index is 10.6. The van der Waals surface area contributed by atoms with Crippen LogP contribution in [0, 0.1) is 0 Å². The van der Waals surface area contributed by atoms with Crippen molar-refractivity contribution in [2.24, 2.45) is 0 Å². The first-order chi connectivity index (χ1) is 6.09. The van der Waals surface area contributed by atoms with Crippen LogP contribution < -0.4 is 11.0 Å². The molecule has 1 heterocycles. The normalized spacial score (nSPS) is 12.5. The Morgan fingerprint density at radius 2 is 2.46 bits per heavy atom. The molecule has 72 valence electrons. The van der Waals surface area contributed by atoms with E-state index in [1.54, 1.807) is 0 Å². The van der Waals surface area contributed by atoms with Gasteiger partial charge in [0.25, 0.3) is 0 Å². The lowest BCUT2D eigenvalue weighted by Crippen LogP contribution is -2.26. The van der Waals surface area contributed by atoms with Gasteiger partial charge in [0.05, 0.1) is 6.54 Å². The fraction of sp³-hybridized carbons (Fsp3) is 0.500. The van der Waals surface area contributed by atoms with Crippen LogP contribution in [0.25, 0.3) is 0 Å². The molecule has 7 nitrogen and oxygen atoms in total. The molecule has 0 aliphatic heterocycles. The number of aromatic nitrogens is 3. The van der Waals surface area contributed by atoms with Gasteiger partial charge in [0.15, 0.2) is 5.82 Å². The summed E-state index contributed by atoms with van der Waals surface area (Å²) in [5.74, 6) is -0.143. The van der Waals surface area contributed by atoms with Gasteiger partial charge in [0, 0.05) is 6.92 Å². The maximum absolute atomic E-state index is 10.6. The topological polar surface area (TPSA) is 111 Å². The highest BCUT2D eigenvalue weighted by Gasteiger charge is 2.11. The Hall–Kier alpha value is -1.63. The average Bonchev–Trinajstić information content (AvgIpc) is 2.47. The van der Waals surface area contributed by atoms with E-state index in [1.165, 1.54) is 6.92 Å². The SMILES string of the molecule is CC(=O)NCC(O)c1n[nH]c(=O)[nH]1. The Balaban J connectivity index is 2.53. The largest absolute Gasteiger partial charge is 0.383 e. The first-order valence-electron chi connectivity index (χ1n) is 3.66. The van der Waals surface area contributed by atoms with Gasteiger partial charge >= 0.3 is 5.69 Å². The van der Waals surface area contributed by atoms with Crippen LogP contribution in [0.3, 0.4) is 0 Å². The molecule has 0 saturated carbocycles. The Labute approximate surface area is 73.2 Å². The number of aromatic amines is 2. The molecule has 1 rings (SSSR count). The van der Waals surface area contributed by atoms with E-state index >= 15 is 0 Å². The Morgan fingerprint density at radius 3 is 2.92 bits per heavy atom. The lowest BCUT2D eigenvalue weighted by Gasteiger charge is -2.06. The fourth-order valence-corrected chi connectivity index (χ4v) is 0.778. The quantitative estimate of drug-likeness (QED) is 0.449. The van der Waals surface area contributed by atoms with Crippen LogP contribution in [0.2, 0.25) is 0 Å². The summed E-state index contributed by atoms with van der Waals surface area (Å²) in [7, 11) is 0. The first-order valence-corrected chi connectivity index (χ1v) is 3.66. The minimum Gasteiger partial charge on any atom is -0.383 e. The zero-order valence-electron chi connectivity index (χ0n) is 7.00. The third-order valence-electron chi connectivity index (χ3n) is 1.38. The molecule has 4 N–H and O–H groups in total. The zero-order valence-corrected chi connectivity index (χ0v) is 7.00. The van der Waals surface area contributed by atoms with Crippen molar-refractivity contribution in [2.45, 2.75) is 13.0 Å². The van der Waals surface area contributed by atoms with E-state index in [4.69, 9.17) is 0 Å². The summed E-state index contributed by atoms with van der Waals surface area (Å²) >= 11 is 0. The molecule has 1 aromatic heterocycles. The second-order valence-corrected chi connectivity index (χ2v) is 2.52. The number of carbonyl (C=O) groups excluding carboxylic acids is 1. The van der Waals surface area contributed by atoms with Crippen LogP contribution in [0.1, 0.15) is 18.9 Å². The second kappa shape index (κ2) is 3.85. The van der Waals surface area contributed by atoms with Gasteiger partial charge in [0.2, 0.25) is 5.91 Å². The van der Waals surface area contributed by atoms with Crippen LogP contribution in [0.5, 0.6) is 0 Å². The molecule has 0 saturated heterocycles.